The number of aryl methyl sites for hydroxylation is 2. The van der Waals surface area contributed by atoms with Crippen LogP contribution in [0.5, 0.6) is 0 Å². The molecule has 0 saturated heterocycles. The molecular formula is C30H29NO. The summed E-state index contributed by atoms with van der Waals surface area (Å²) in [6.45, 7) is 10.4. The van der Waals surface area contributed by atoms with Crippen LogP contribution in [0.1, 0.15) is 44.7 Å². The van der Waals surface area contributed by atoms with E-state index in [2.05, 4.69) is 87.3 Å². The van der Waals surface area contributed by atoms with E-state index in [-0.39, 0.29) is 5.92 Å². The standard InChI is InChI=1S/C30H29NO/c1-18(2)21(5)22-13-14-31-27(16-22)23-10-12-28-26(15-23)25-11-9-24(17-29(25)32-28)30-19(3)7-6-8-20(30)4/h6-18,21H,1-5H3/i21D. The lowest BCUT2D eigenvalue weighted by Crippen LogP contribution is -2.02. The van der Waals surface area contributed by atoms with Crippen LogP contribution in [0.25, 0.3) is 44.3 Å². The summed E-state index contributed by atoms with van der Waals surface area (Å²) in [6, 6.07) is 23.1. The Morgan fingerprint density at radius 1 is 0.781 bits per heavy atom. The zero-order valence-corrected chi connectivity index (χ0v) is 19.4. The highest BCUT2D eigenvalue weighted by molar-refractivity contribution is 6.07. The summed E-state index contributed by atoms with van der Waals surface area (Å²) in [5.41, 5.74) is 9.64. The van der Waals surface area contributed by atoms with E-state index >= 15 is 0 Å². The first-order valence-corrected chi connectivity index (χ1v) is 11.3. The molecule has 0 radical (unpaired) electrons. The Balaban J connectivity index is 1.61. The van der Waals surface area contributed by atoms with Gasteiger partial charge in [0.1, 0.15) is 11.2 Å². The van der Waals surface area contributed by atoms with Crippen LogP contribution in [0.4, 0.5) is 0 Å². The predicted octanol–water partition coefficient (Wildman–Crippen LogP) is 8.69. The lowest BCUT2D eigenvalue weighted by Gasteiger charge is -2.16. The Bertz CT molecular complexity index is 1470. The molecule has 0 saturated carbocycles. The third-order valence-corrected chi connectivity index (χ3v) is 6.62. The summed E-state index contributed by atoms with van der Waals surface area (Å²) in [7, 11) is 0. The molecule has 0 aliphatic rings. The number of fused-ring (bicyclic) bond motifs is 3. The minimum absolute atomic E-state index is 0.208. The van der Waals surface area contributed by atoms with Gasteiger partial charge in [0.15, 0.2) is 0 Å². The van der Waals surface area contributed by atoms with Crippen LogP contribution in [-0.2, 0) is 0 Å². The van der Waals surface area contributed by atoms with E-state index in [1.807, 2.05) is 25.3 Å². The van der Waals surface area contributed by atoms with Gasteiger partial charge < -0.3 is 4.42 Å². The maximum Gasteiger partial charge on any atom is 0.136 e. The second-order valence-electron chi connectivity index (χ2n) is 9.06. The molecule has 5 rings (SSSR count). The fraction of sp³-hybridized carbons (Fsp3) is 0.233. The van der Waals surface area contributed by atoms with Crippen molar-refractivity contribution in [2.75, 3.05) is 0 Å². The van der Waals surface area contributed by atoms with Gasteiger partial charge in [0.25, 0.3) is 0 Å². The van der Waals surface area contributed by atoms with E-state index in [1.54, 1.807) is 0 Å². The number of rotatable bonds is 4. The summed E-state index contributed by atoms with van der Waals surface area (Å²) in [5, 5.41) is 2.19. The van der Waals surface area contributed by atoms with Crippen molar-refractivity contribution in [3.63, 3.8) is 0 Å². The van der Waals surface area contributed by atoms with Crippen molar-refractivity contribution in [1.29, 1.82) is 0 Å². The molecule has 0 spiro atoms. The largest absolute Gasteiger partial charge is 0.456 e. The highest BCUT2D eigenvalue weighted by atomic mass is 16.3. The molecule has 2 heterocycles. The Kier molecular flexibility index (Phi) is 4.79. The van der Waals surface area contributed by atoms with Crippen LogP contribution in [0.3, 0.4) is 0 Å². The molecule has 0 aliphatic carbocycles. The molecule has 2 heteroatoms. The van der Waals surface area contributed by atoms with Gasteiger partial charge in [-0.2, -0.15) is 0 Å². The maximum absolute atomic E-state index is 8.77. The highest BCUT2D eigenvalue weighted by Gasteiger charge is 2.14. The first-order chi connectivity index (χ1) is 15.8. The third-order valence-electron chi connectivity index (χ3n) is 6.62. The second kappa shape index (κ2) is 7.94. The Morgan fingerprint density at radius 2 is 1.53 bits per heavy atom. The Labute approximate surface area is 191 Å². The van der Waals surface area contributed by atoms with Crippen molar-refractivity contribution in [2.24, 2.45) is 5.92 Å². The summed E-state index contributed by atoms with van der Waals surface area (Å²) >= 11 is 0. The fourth-order valence-electron chi connectivity index (χ4n) is 4.53. The first-order valence-electron chi connectivity index (χ1n) is 11.8. The summed E-state index contributed by atoms with van der Waals surface area (Å²) in [6.07, 6.45) is 1.81. The average Bonchev–Trinajstić information content (AvgIpc) is 3.16. The van der Waals surface area contributed by atoms with Gasteiger partial charge in [0.2, 0.25) is 0 Å². The van der Waals surface area contributed by atoms with Crippen LogP contribution in [0.15, 0.2) is 77.3 Å². The number of furan rings is 1. The van der Waals surface area contributed by atoms with Gasteiger partial charge in [-0.15, -0.1) is 0 Å². The van der Waals surface area contributed by atoms with Crippen LogP contribution < -0.4 is 0 Å². The molecule has 5 aromatic rings. The fourth-order valence-corrected chi connectivity index (χ4v) is 4.53. The second-order valence-corrected chi connectivity index (χ2v) is 9.06. The van der Waals surface area contributed by atoms with Crippen molar-refractivity contribution in [1.82, 2.24) is 4.98 Å². The van der Waals surface area contributed by atoms with Crippen molar-refractivity contribution >= 4 is 21.9 Å². The summed E-state index contributed by atoms with van der Waals surface area (Å²) in [4.78, 5) is 4.61. The monoisotopic (exact) mass is 420 g/mol. The van der Waals surface area contributed by atoms with E-state index < -0.39 is 5.89 Å². The minimum atomic E-state index is -0.659. The lowest BCUT2D eigenvalue weighted by molar-refractivity contribution is 0.535. The predicted molar refractivity (Wildman–Crippen MR) is 135 cm³/mol. The van der Waals surface area contributed by atoms with E-state index in [0.29, 0.717) is 0 Å². The number of hydrogen-bond acceptors (Lipinski definition) is 2. The SMILES string of the molecule is [2H]C(C)(c1ccnc(-c2ccc3oc4cc(-c5c(C)cccc5C)ccc4c3c2)c1)C(C)C. The van der Waals surface area contributed by atoms with Crippen molar-refractivity contribution in [3.8, 4) is 22.4 Å². The Hall–Kier alpha value is -3.39. The minimum Gasteiger partial charge on any atom is -0.456 e. The number of benzene rings is 3. The maximum atomic E-state index is 8.77. The van der Waals surface area contributed by atoms with Crippen molar-refractivity contribution in [3.05, 3.63) is 89.6 Å². The summed E-state index contributed by atoms with van der Waals surface area (Å²) in [5.74, 6) is -0.451. The van der Waals surface area contributed by atoms with Gasteiger partial charge in [-0.05, 0) is 95.9 Å². The molecule has 0 N–H and O–H groups in total. The molecule has 32 heavy (non-hydrogen) atoms. The molecule has 0 amide bonds. The molecule has 0 bridgehead atoms. The molecule has 1 unspecified atom stereocenters. The van der Waals surface area contributed by atoms with Gasteiger partial charge in [-0.25, -0.2) is 0 Å². The number of hydrogen-bond donors (Lipinski definition) is 0. The lowest BCUT2D eigenvalue weighted by atomic mass is 9.90. The quantitative estimate of drug-likeness (QED) is 0.290. The van der Waals surface area contributed by atoms with Gasteiger partial charge >= 0.3 is 0 Å². The molecule has 1 atom stereocenters. The molecular weight excluding hydrogens is 390 g/mol. The van der Waals surface area contributed by atoms with Gasteiger partial charge in [0.05, 0.1) is 5.69 Å². The van der Waals surface area contributed by atoms with Gasteiger partial charge in [-0.3, -0.25) is 4.98 Å². The van der Waals surface area contributed by atoms with Crippen molar-refractivity contribution < 1.29 is 5.79 Å². The molecule has 2 aromatic heterocycles. The zero-order valence-electron chi connectivity index (χ0n) is 20.4. The van der Waals surface area contributed by atoms with Crippen LogP contribution in [-0.4, -0.2) is 4.98 Å². The molecule has 0 aliphatic heterocycles. The summed E-state index contributed by atoms with van der Waals surface area (Å²) < 4.78 is 15.0. The smallest absolute Gasteiger partial charge is 0.136 e. The molecule has 3 aromatic carbocycles. The number of aromatic nitrogens is 1. The topological polar surface area (TPSA) is 26.0 Å². The number of nitrogens with zero attached hydrogens (tertiary/aromatic N) is 1. The van der Waals surface area contributed by atoms with Crippen molar-refractivity contribution in [2.45, 2.75) is 40.5 Å². The first kappa shape index (κ1) is 19.3. The van der Waals surface area contributed by atoms with E-state index in [1.165, 1.54) is 22.3 Å². The van der Waals surface area contributed by atoms with E-state index in [4.69, 9.17) is 5.79 Å². The number of pyridine rings is 1. The average molecular weight is 421 g/mol. The third kappa shape index (κ3) is 3.50. The normalized spacial score (nSPS) is 14.1. The van der Waals surface area contributed by atoms with Gasteiger partial charge in [-0.1, -0.05) is 45.0 Å². The van der Waals surface area contributed by atoms with Crippen LogP contribution in [0, 0.1) is 19.8 Å². The molecule has 160 valence electrons. The van der Waals surface area contributed by atoms with E-state index in [0.717, 1.165) is 38.8 Å². The molecule has 2 nitrogen and oxygen atoms in total. The van der Waals surface area contributed by atoms with Crippen LogP contribution in [0.2, 0.25) is 0 Å². The zero-order chi connectivity index (χ0) is 23.3. The highest BCUT2D eigenvalue weighted by Crippen LogP contribution is 2.36. The van der Waals surface area contributed by atoms with Gasteiger partial charge in [0, 0.05) is 23.9 Å². The Morgan fingerprint density at radius 3 is 2.28 bits per heavy atom. The van der Waals surface area contributed by atoms with Crippen LogP contribution >= 0.6 is 0 Å². The van der Waals surface area contributed by atoms with E-state index in [9.17, 15) is 0 Å². The molecule has 0 fully saturated rings.